The Bertz CT molecular complexity index is 453. The molecule has 0 aliphatic heterocycles. The van der Waals surface area contributed by atoms with Crippen molar-refractivity contribution < 1.29 is 17.1 Å². The van der Waals surface area contributed by atoms with Crippen LogP contribution in [0.2, 0.25) is 0 Å². The summed E-state index contributed by atoms with van der Waals surface area (Å²) in [5.74, 6) is 0. The summed E-state index contributed by atoms with van der Waals surface area (Å²) in [5, 5.41) is -1.51. The summed E-state index contributed by atoms with van der Waals surface area (Å²) in [5.41, 5.74) is 5.99. The van der Waals surface area contributed by atoms with Crippen LogP contribution in [0.15, 0.2) is 24.3 Å². The fourth-order valence-electron chi connectivity index (χ4n) is 1.11. The molecule has 0 aromatic heterocycles. The van der Waals surface area contributed by atoms with Gasteiger partial charge in [-0.25, -0.2) is 0 Å². The zero-order valence-corrected chi connectivity index (χ0v) is 8.63. The summed E-state index contributed by atoms with van der Waals surface area (Å²) < 4.78 is 32.9. The van der Waals surface area contributed by atoms with Crippen LogP contribution in [0.25, 0.3) is 0 Å². The minimum Gasteiger partial charge on any atom is -0.330 e. The molecule has 1 rings (SSSR count). The lowest BCUT2D eigenvalue weighted by molar-refractivity contribution is 0.107. The van der Waals surface area contributed by atoms with Crippen LogP contribution >= 0.6 is 0 Å². The molecule has 0 saturated heterocycles. The highest BCUT2D eigenvalue weighted by Gasteiger charge is 2.22. The van der Waals surface area contributed by atoms with Crippen molar-refractivity contribution in [3.05, 3.63) is 35.4 Å². The molecule has 0 fully saturated rings. The van der Waals surface area contributed by atoms with Crippen molar-refractivity contribution in [1.82, 2.24) is 0 Å². The molecule has 0 radical (unpaired) electrons. The standard InChI is InChI=1S/C9H10FNO3S/c10-15(13,14)9(12)8-3-1-7(2-4-8)5-6-11/h1-4H,5-6,11H2. The number of carbonyl (C=O) groups excluding carboxylic acids is 1. The van der Waals surface area contributed by atoms with Crippen molar-refractivity contribution in [2.24, 2.45) is 5.73 Å². The molecular weight excluding hydrogens is 221 g/mol. The van der Waals surface area contributed by atoms with E-state index in [9.17, 15) is 17.1 Å². The first-order valence-corrected chi connectivity index (χ1v) is 5.61. The molecule has 0 aliphatic rings. The van der Waals surface area contributed by atoms with Gasteiger partial charge < -0.3 is 5.73 Å². The maximum absolute atomic E-state index is 12.3. The monoisotopic (exact) mass is 231 g/mol. The fraction of sp³-hybridized carbons (Fsp3) is 0.222. The van der Waals surface area contributed by atoms with Gasteiger partial charge in [-0.2, -0.15) is 8.42 Å². The second kappa shape index (κ2) is 4.50. The van der Waals surface area contributed by atoms with Gasteiger partial charge in [-0.15, -0.1) is 0 Å². The van der Waals surface area contributed by atoms with Crippen molar-refractivity contribution in [2.45, 2.75) is 6.42 Å². The number of benzene rings is 1. The Morgan fingerprint density at radius 2 is 1.80 bits per heavy atom. The van der Waals surface area contributed by atoms with Gasteiger partial charge in [0.05, 0.1) is 0 Å². The van der Waals surface area contributed by atoms with E-state index in [2.05, 4.69) is 0 Å². The number of carbonyl (C=O) groups is 1. The van der Waals surface area contributed by atoms with Crippen LogP contribution in [-0.2, 0) is 16.6 Å². The average molecular weight is 231 g/mol. The second-order valence-corrected chi connectivity index (χ2v) is 4.21. The van der Waals surface area contributed by atoms with Gasteiger partial charge >= 0.3 is 15.3 Å². The minimum atomic E-state index is -5.14. The molecule has 1 aromatic carbocycles. The number of rotatable bonds is 3. The van der Waals surface area contributed by atoms with E-state index in [1.165, 1.54) is 12.1 Å². The van der Waals surface area contributed by atoms with Crippen LogP contribution in [0.1, 0.15) is 15.9 Å². The molecule has 0 amide bonds. The van der Waals surface area contributed by atoms with Gasteiger partial charge in [-0.05, 0) is 30.7 Å². The molecule has 2 N–H and O–H groups in total. The largest absolute Gasteiger partial charge is 0.371 e. The van der Waals surface area contributed by atoms with Crippen molar-refractivity contribution in [3.8, 4) is 0 Å². The van der Waals surface area contributed by atoms with E-state index < -0.39 is 15.3 Å². The summed E-state index contributed by atoms with van der Waals surface area (Å²) in [7, 11) is -5.14. The lowest BCUT2D eigenvalue weighted by Gasteiger charge is -1.99. The molecule has 0 bridgehead atoms. The fourth-order valence-corrected chi connectivity index (χ4v) is 1.53. The van der Waals surface area contributed by atoms with Gasteiger partial charge in [-0.3, -0.25) is 4.79 Å². The van der Waals surface area contributed by atoms with E-state index in [-0.39, 0.29) is 5.56 Å². The van der Waals surface area contributed by atoms with Crippen LogP contribution in [-0.4, -0.2) is 20.1 Å². The first-order chi connectivity index (χ1) is 6.95. The van der Waals surface area contributed by atoms with E-state index in [1.807, 2.05) is 0 Å². The third kappa shape index (κ3) is 3.10. The van der Waals surface area contributed by atoms with Crippen LogP contribution in [0.3, 0.4) is 0 Å². The number of halogens is 1. The Hall–Kier alpha value is -1.27. The highest BCUT2D eigenvalue weighted by molar-refractivity contribution is 8.02. The molecule has 0 unspecified atom stereocenters. The molecule has 82 valence electrons. The van der Waals surface area contributed by atoms with Crippen LogP contribution in [0.5, 0.6) is 0 Å². The Morgan fingerprint density at radius 1 is 1.27 bits per heavy atom. The van der Waals surface area contributed by atoms with E-state index in [1.54, 1.807) is 12.1 Å². The molecule has 0 aliphatic carbocycles. The second-order valence-electron chi connectivity index (χ2n) is 2.96. The zero-order valence-electron chi connectivity index (χ0n) is 7.81. The number of nitrogens with two attached hydrogens (primary N) is 1. The van der Waals surface area contributed by atoms with Crippen molar-refractivity contribution in [3.63, 3.8) is 0 Å². The summed E-state index contributed by atoms with van der Waals surface area (Å²) in [6.45, 7) is 0.453. The Kier molecular flexibility index (Phi) is 3.54. The normalized spacial score (nSPS) is 11.3. The highest BCUT2D eigenvalue weighted by Crippen LogP contribution is 2.09. The first kappa shape index (κ1) is 11.8. The van der Waals surface area contributed by atoms with Crippen LogP contribution in [0, 0.1) is 0 Å². The molecule has 4 nitrogen and oxygen atoms in total. The quantitative estimate of drug-likeness (QED) is 0.774. The third-order valence-corrected chi connectivity index (χ3v) is 2.52. The number of hydrogen-bond donors (Lipinski definition) is 1. The SMILES string of the molecule is NCCc1ccc(C(=O)S(=O)(=O)F)cc1. The van der Waals surface area contributed by atoms with Gasteiger partial charge in [0.25, 0.3) is 0 Å². The van der Waals surface area contributed by atoms with Gasteiger partial charge in [0.2, 0.25) is 0 Å². The first-order valence-electron chi connectivity index (χ1n) is 4.23. The van der Waals surface area contributed by atoms with E-state index in [0.29, 0.717) is 13.0 Å². The summed E-state index contributed by atoms with van der Waals surface area (Å²) in [4.78, 5) is 10.9. The third-order valence-electron chi connectivity index (χ3n) is 1.84. The summed E-state index contributed by atoms with van der Waals surface area (Å²) in [6.07, 6.45) is 0.622. The smallest absolute Gasteiger partial charge is 0.330 e. The summed E-state index contributed by atoms with van der Waals surface area (Å²) in [6, 6.07) is 5.63. The van der Waals surface area contributed by atoms with Gasteiger partial charge in [-0.1, -0.05) is 16.0 Å². The predicted molar refractivity (Wildman–Crippen MR) is 53.6 cm³/mol. The lowest BCUT2D eigenvalue weighted by Crippen LogP contribution is -2.09. The molecule has 0 heterocycles. The number of hydrogen-bond acceptors (Lipinski definition) is 4. The maximum Gasteiger partial charge on any atom is 0.371 e. The Balaban J connectivity index is 2.95. The van der Waals surface area contributed by atoms with E-state index in [4.69, 9.17) is 5.73 Å². The molecule has 0 atom stereocenters. The van der Waals surface area contributed by atoms with Gasteiger partial charge in [0.15, 0.2) is 0 Å². The predicted octanol–water partition coefficient (Wildman–Crippen LogP) is 0.627. The van der Waals surface area contributed by atoms with Crippen molar-refractivity contribution in [1.29, 1.82) is 0 Å². The highest BCUT2D eigenvalue weighted by atomic mass is 32.3. The van der Waals surface area contributed by atoms with Gasteiger partial charge in [0, 0.05) is 5.56 Å². The maximum atomic E-state index is 12.3. The summed E-state index contributed by atoms with van der Waals surface area (Å²) >= 11 is 0. The van der Waals surface area contributed by atoms with Crippen molar-refractivity contribution in [2.75, 3.05) is 6.54 Å². The molecule has 0 spiro atoms. The van der Waals surface area contributed by atoms with E-state index in [0.717, 1.165) is 5.56 Å². The molecule has 15 heavy (non-hydrogen) atoms. The molecule has 1 aromatic rings. The van der Waals surface area contributed by atoms with Crippen LogP contribution < -0.4 is 5.73 Å². The molecule has 6 heteroatoms. The van der Waals surface area contributed by atoms with E-state index >= 15 is 0 Å². The molecular formula is C9H10FNO3S. The average Bonchev–Trinajstić information content (AvgIpc) is 2.17. The van der Waals surface area contributed by atoms with Gasteiger partial charge in [0.1, 0.15) is 0 Å². The molecule has 0 saturated carbocycles. The van der Waals surface area contributed by atoms with Crippen molar-refractivity contribution >= 4 is 15.3 Å². The lowest BCUT2D eigenvalue weighted by atomic mass is 10.1. The minimum absolute atomic E-state index is 0.182. The topological polar surface area (TPSA) is 77.2 Å². The zero-order chi connectivity index (χ0) is 11.5. The Labute approximate surface area is 87.1 Å². The van der Waals surface area contributed by atoms with Crippen LogP contribution in [0.4, 0.5) is 3.89 Å². The Morgan fingerprint density at radius 3 is 2.20 bits per heavy atom.